The Morgan fingerprint density at radius 2 is 1.73 bits per heavy atom. The van der Waals surface area contributed by atoms with Crippen LogP contribution in [0, 0.1) is 5.82 Å². The van der Waals surface area contributed by atoms with Gasteiger partial charge in [-0.15, -0.1) is 0 Å². The number of benzene rings is 3. The average molecular weight is 519 g/mol. The Hall–Kier alpha value is -4.24. The van der Waals surface area contributed by atoms with Gasteiger partial charge in [0.25, 0.3) is 5.78 Å². The Kier molecular flexibility index (Phi) is 6.62. The first-order valence-electron chi connectivity index (χ1n) is 11.7. The maximum atomic E-state index is 15.1. The SMILES string of the molecule is CCOc1cccc(/C(O)=C2\C(=O)C(=O)N(c3nc4ccc(OCC)cc4s3)C2c2ccccc2F)c1. The van der Waals surface area contributed by atoms with Crippen LogP contribution in [-0.4, -0.2) is 35.0 Å². The van der Waals surface area contributed by atoms with E-state index < -0.39 is 29.3 Å². The molecule has 37 heavy (non-hydrogen) atoms. The van der Waals surface area contributed by atoms with Crippen LogP contribution in [0.3, 0.4) is 0 Å². The average Bonchev–Trinajstić information content (AvgIpc) is 3.42. The van der Waals surface area contributed by atoms with Crippen molar-refractivity contribution in [2.24, 2.45) is 0 Å². The van der Waals surface area contributed by atoms with E-state index in [1.807, 2.05) is 13.8 Å². The van der Waals surface area contributed by atoms with Gasteiger partial charge < -0.3 is 14.6 Å². The monoisotopic (exact) mass is 518 g/mol. The zero-order valence-electron chi connectivity index (χ0n) is 20.1. The predicted molar refractivity (Wildman–Crippen MR) is 140 cm³/mol. The fourth-order valence-electron chi connectivity index (χ4n) is 4.33. The summed E-state index contributed by atoms with van der Waals surface area (Å²) in [7, 11) is 0. The van der Waals surface area contributed by atoms with E-state index >= 15 is 4.39 Å². The van der Waals surface area contributed by atoms with Crippen molar-refractivity contribution in [3.63, 3.8) is 0 Å². The molecule has 1 fully saturated rings. The summed E-state index contributed by atoms with van der Waals surface area (Å²) in [4.78, 5) is 32.5. The first kappa shape index (κ1) is 24.5. The van der Waals surface area contributed by atoms with Gasteiger partial charge in [0.05, 0.1) is 29.0 Å². The summed E-state index contributed by atoms with van der Waals surface area (Å²) < 4.78 is 26.9. The van der Waals surface area contributed by atoms with E-state index in [1.54, 1.807) is 48.5 Å². The molecule has 0 bridgehead atoms. The lowest BCUT2D eigenvalue weighted by Crippen LogP contribution is -2.29. The maximum Gasteiger partial charge on any atom is 0.301 e. The number of carbonyl (C=O) groups excluding carboxylic acids is 2. The molecule has 1 aliphatic rings. The van der Waals surface area contributed by atoms with Crippen LogP contribution in [0.4, 0.5) is 9.52 Å². The van der Waals surface area contributed by atoms with E-state index in [1.165, 1.54) is 29.5 Å². The highest BCUT2D eigenvalue weighted by Crippen LogP contribution is 2.45. The summed E-state index contributed by atoms with van der Waals surface area (Å²) in [6.45, 7) is 4.60. The van der Waals surface area contributed by atoms with Gasteiger partial charge in [0.1, 0.15) is 29.1 Å². The van der Waals surface area contributed by atoms with Crippen LogP contribution in [0.15, 0.2) is 72.3 Å². The van der Waals surface area contributed by atoms with Crippen molar-refractivity contribution in [1.29, 1.82) is 0 Å². The van der Waals surface area contributed by atoms with E-state index in [9.17, 15) is 14.7 Å². The molecule has 4 aromatic rings. The molecular formula is C28H23FN2O5S. The molecule has 3 aromatic carbocycles. The van der Waals surface area contributed by atoms with E-state index in [4.69, 9.17) is 9.47 Å². The second-order valence-corrected chi connectivity index (χ2v) is 9.22. The van der Waals surface area contributed by atoms with Gasteiger partial charge in [-0.1, -0.05) is 41.7 Å². The number of halogens is 1. The lowest BCUT2D eigenvalue weighted by atomic mass is 9.95. The normalized spacial score (nSPS) is 16.9. The van der Waals surface area contributed by atoms with Crippen LogP contribution in [-0.2, 0) is 9.59 Å². The fraction of sp³-hybridized carbons (Fsp3) is 0.179. The largest absolute Gasteiger partial charge is 0.507 e. The van der Waals surface area contributed by atoms with Crippen molar-refractivity contribution >= 4 is 44.1 Å². The standard InChI is InChI=1S/C28H23FN2O5S/c1-3-35-17-9-7-8-16(14-17)25(32)23-24(19-10-5-6-11-20(19)29)31(27(34)26(23)33)28-30-21-13-12-18(36-4-2)15-22(21)37-28/h5-15,24,32H,3-4H2,1-2H3/b25-23+. The number of hydrogen-bond acceptors (Lipinski definition) is 7. The third kappa shape index (κ3) is 4.42. The van der Waals surface area contributed by atoms with E-state index in [-0.39, 0.29) is 21.8 Å². The number of ether oxygens (including phenoxy) is 2. The van der Waals surface area contributed by atoms with E-state index in [2.05, 4.69) is 4.98 Å². The Bertz CT molecular complexity index is 1550. The van der Waals surface area contributed by atoms with Crippen LogP contribution in [0.2, 0.25) is 0 Å². The second kappa shape index (κ2) is 10.0. The van der Waals surface area contributed by atoms with Gasteiger partial charge in [-0.25, -0.2) is 9.37 Å². The number of ketones is 1. The van der Waals surface area contributed by atoms with Crippen LogP contribution in [0.5, 0.6) is 11.5 Å². The lowest BCUT2D eigenvalue weighted by molar-refractivity contribution is -0.132. The van der Waals surface area contributed by atoms with Crippen LogP contribution in [0.25, 0.3) is 16.0 Å². The number of Topliss-reactive ketones (excluding diaryl/α,β-unsaturated/α-hetero) is 1. The highest BCUT2D eigenvalue weighted by molar-refractivity contribution is 7.22. The minimum absolute atomic E-state index is 0.0680. The molecular weight excluding hydrogens is 495 g/mol. The molecule has 1 aliphatic heterocycles. The molecule has 1 N–H and O–H groups in total. The topological polar surface area (TPSA) is 89.0 Å². The number of aliphatic hydroxyl groups is 1. The minimum atomic E-state index is -1.22. The van der Waals surface area contributed by atoms with Crippen molar-refractivity contribution in [3.8, 4) is 11.5 Å². The molecule has 5 rings (SSSR count). The number of nitrogens with zero attached hydrogens (tertiary/aromatic N) is 2. The molecule has 0 spiro atoms. The minimum Gasteiger partial charge on any atom is -0.507 e. The summed E-state index contributed by atoms with van der Waals surface area (Å²) in [6.07, 6.45) is 0. The van der Waals surface area contributed by atoms with Gasteiger partial charge >= 0.3 is 5.91 Å². The Morgan fingerprint density at radius 1 is 1.00 bits per heavy atom. The molecule has 7 nitrogen and oxygen atoms in total. The summed E-state index contributed by atoms with van der Waals surface area (Å²) in [5.74, 6) is -1.74. The molecule has 0 radical (unpaired) electrons. The number of aliphatic hydroxyl groups excluding tert-OH is 1. The Balaban J connectivity index is 1.69. The molecule has 1 aromatic heterocycles. The molecule has 1 amide bonds. The number of fused-ring (bicyclic) bond motifs is 1. The number of hydrogen-bond donors (Lipinski definition) is 1. The van der Waals surface area contributed by atoms with Crippen molar-refractivity contribution in [1.82, 2.24) is 4.98 Å². The number of rotatable bonds is 7. The Morgan fingerprint density at radius 3 is 2.46 bits per heavy atom. The molecule has 1 unspecified atom stereocenters. The third-order valence-electron chi connectivity index (χ3n) is 5.93. The van der Waals surface area contributed by atoms with Crippen molar-refractivity contribution < 1.29 is 28.6 Å². The van der Waals surface area contributed by atoms with Crippen LogP contribution in [0.1, 0.15) is 31.0 Å². The number of aromatic nitrogens is 1. The molecule has 1 saturated heterocycles. The van der Waals surface area contributed by atoms with Gasteiger partial charge in [-0.05, 0) is 50.2 Å². The van der Waals surface area contributed by atoms with Gasteiger partial charge in [-0.2, -0.15) is 0 Å². The van der Waals surface area contributed by atoms with Gasteiger partial charge in [0.2, 0.25) is 0 Å². The van der Waals surface area contributed by atoms with Crippen molar-refractivity contribution in [3.05, 3.63) is 89.2 Å². The highest BCUT2D eigenvalue weighted by atomic mass is 32.1. The van der Waals surface area contributed by atoms with E-state index in [0.29, 0.717) is 30.2 Å². The smallest absolute Gasteiger partial charge is 0.301 e. The molecule has 0 aliphatic carbocycles. The van der Waals surface area contributed by atoms with Crippen molar-refractivity contribution in [2.45, 2.75) is 19.9 Å². The summed E-state index contributed by atoms with van der Waals surface area (Å²) in [5, 5.41) is 11.5. The lowest BCUT2D eigenvalue weighted by Gasteiger charge is -2.23. The fourth-order valence-corrected chi connectivity index (χ4v) is 5.35. The predicted octanol–water partition coefficient (Wildman–Crippen LogP) is 5.86. The molecule has 9 heteroatoms. The molecule has 188 valence electrons. The van der Waals surface area contributed by atoms with Crippen molar-refractivity contribution in [2.75, 3.05) is 18.1 Å². The molecule has 0 saturated carbocycles. The summed E-state index contributed by atoms with van der Waals surface area (Å²) in [5.41, 5.74) is 0.717. The van der Waals surface area contributed by atoms with Crippen LogP contribution < -0.4 is 14.4 Å². The zero-order valence-corrected chi connectivity index (χ0v) is 20.9. The second-order valence-electron chi connectivity index (χ2n) is 8.21. The quantitative estimate of drug-likeness (QED) is 0.187. The molecule has 1 atom stereocenters. The zero-order chi connectivity index (χ0) is 26.1. The number of thiazole rings is 1. The Labute approximate surface area is 216 Å². The van der Waals surface area contributed by atoms with Gasteiger partial charge in [0.15, 0.2) is 5.13 Å². The summed E-state index contributed by atoms with van der Waals surface area (Å²) >= 11 is 1.18. The number of amides is 1. The van der Waals surface area contributed by atoms with Gasteiger partial charge in [-0.3, -0.25) is 14.5 Å². The molecule has 2 heterocycles. The number of anilines is 1. The van der Waals surface area contributed by atoms with E-state index in [0.717, 1.165) is 9.60 Å². The highest BCUT2D eigenvalue weighted by Gasteiger charge is 2.49. The number of carbonyl (C=O) groups is 2. The third-order valence-corrected chi connectivity index (χ3v) is 6.95. The van der Waals surface area contributed by atoms with Gasteiger partial charge in [0, 0.05) is 11.1 Å². The first-order chi connectivity index (χ1) is 17.9. The maximum absolute atomic E-state index is 15.1. The first-order valence-corrected chi connectivity index (χ1v) is 12.6. The van der Waals surface area contributed by atoms with Crippen LogP contribution >= 0.6 is 11.3 Å². The summed E-state index contributed by atoms with van der Waals surface area (Å²) in [6, 6.07) is 16.5.